The molecule has 2 fully saturated rings. The summed E-state index contributed by atoms with van der Waals surface area (Å²) in [6, 6.07) is 4.21. The molecule has 1 amide bonds. The lowest BCUT2D eigenvalue weighted by Gasteiger charge is -2.35. The Morgan fingerprint density at radius 2 is 1.84 bits per heavy atom. The molecule has 0 aliphatic carbocycles. The predicted molar refractivity (Wildman–Crippen MR) is 119 cm³/mol. The van der Waals surface area contributed by atoms with E-state index in [9.17, 15) is 23.3 Å². The minimum absolute atomic E-state index is 0.0311. The lowest BCUT2D eigenvalue weighted by Crippen LogP contribution is -2.50. The summed E-state index contributed by atoms with van der Waals surface area (Å²) in [4.78, 5) is 27.1. The maximum absolute atomic E-state index is 12.9. The van der Waals surface area contributed by atoms with Gasteiger partial charge in [-0.15, -0.1) is 0 Å². The Morgan fingerprint density at radius 3 is 2.44 bits per heavy atom. The maximum Gasteiger partial charge on any atom is 0.293 e. The minimum atomic E-state index is -3.82. The van der Waals surface area contributed by atoms with Crippen LogP contribution in [-0.4, -0.2) is 93.5 Å². The Balaban J connectivity index is 1.69. The number of hydrogen-bond acceptors (Lipinski definition) is 8. The van der Waals surface area contributed by atoms with Gasteiger partial charge in [0.05, 0.1) is 29.6 Å². The highest BCUT2D eigenvalue weighted by Crippen LogP contribution is 2.32. The van der Waals surface area contributed by atoms with Crippen molar-refractivity contribution in [3.63, 3.8) is 0 Å². The van der Waals surface area contributed by atoms with Crippen molar-refractivity contribution in [1.82, 2.24) is 14.5 Å². The molecule has 32 heavy (non-hydrogen) atoms. The van der Waals surface area contributed by atoms with Crippen LogP contribution in [0, 0.1) is 10.1 Å². The highest BCUT2D eigenvalue weighted by molar-refractivity contribution is 7.89. The molecule has 1 aromatic rings. The Bertz CT molecular complexity index is 926. The normalized spacial score (nSPS) is 19.5. The van der Waals surface area contributed by atoms with E-state index in [0.717, 1.165) is 12.5 Å². The molecular formula is C20H31N5O6S. The number of benzene rings is 1. The molecule has 2 heterocycles. The fourth-order valence-corrected chi connectivity index (χ4v) is 5.21. The van der Waals surface area contributed by atoms with E-state index in [1.54, 1.807) is 0 Å². The fourth-order valence-electron chi connectivity index (χ4n) is 3.79. The molecule has 0 saturated carbocycles. The van der Waals surface area contributed by atoms with Crippen molar-refractivity contribution in [1.29, 1.82) is 0 Å². The Kier molecular flexibility index (Phi) is 8.04. The SMILES string of the molecule is CCC(C)NC(=O)CN1CCN(c2ccc(S(=O)(=O)N3CCOCC3)cc2[N+](=O)[O-])CC1. The standard InChI is InChI=1S/C20H31N5O6S/c1-3-16(2)21-20(26)15-22-6-8-23(9-7-22)18-5-4-17(14-19(18)25(27)28)32(29,30)24-10-12-31-13-11-24/h4-5,14,16H,3,6-13,15H2,1-2H3,(H,21,26). The number of nitro benzene ring substituents is 1. The lowest BCUT2D eigenvalue weighted by molar-refractivity contribution is -0.384. The van der Waals surface area contributed by atoms with Gasteiger partial charge in [0.15, 0.2) is 0 Å². The fraction of sp³-hybridized carbons (Fsp3) is 0.650. The highest BCUT2D eigenvalue weighted by Gasteiger charge is 2.31. The number of amides is 1. The van der Waals surface area contributed by atoms with E-state index in [-0.39, 0.29) is 42.2 Å². The van der Waals surface area contributed by atoms with Crippen molar-refractivity contribution in [3.8, 4) is 0 Å². The number of carbonyl (C=O) groups excluding carboxylic acids is 1. The third kappa shape index (κ3) is 5.74. The van der Waals surface area contributed by atoms with Gasteiger partial charge in [0.2, 0.25) is 15.9 Å². The summed E-state index contributed by atoms with van der Waals surface area (Å²) in [5, 5.41) is 14.7. The third-order valence-electron chi connectivity index (χ3n) is 5.85. The molecule has 0 spiro atoms. The van der Waals surface area contributed by atoms with E-state index in [1.165, 1.54) is 16.4 Å². The molecule has 2 aliphatic heterocycles. The first-order chi connectivity index (χ1) is 15.2. The molecule has 1 aromatic carbocycles. The number of morpholine rings is 1. The van der Waals surface area contributed by atoms with Crippen LogP contribution in [0.3, 0.4) is 0 Å². The number of rotatable bonds is 8. The van der Waals surface area contributed by atoms with E-state index >= 15 is 0 Å². The van der Waals surface area contributed by atoms with Gasteiger partial charge in [-0.25, -0.2) is 8.42 Å². The van der Waals surface area contributed by atoms with Crippen LogP contribution in [-0.2, 0) is 19.6 Å². The molecule has 12 heteroatoms. The number of nitrogens with zero attached hydrogens (tertiary/aromatic N) is 4. The molecule has 1 N–H and O–H groups in total. The van der Waals surface area contributed by atoms with E-state index in [1.807, 2.05) is 23.6 Å². The van der Waals surface area contributed by atoms with Crippen LogP contribution >= 0.6 is 0 Å². The molecule has 3 rings (SSSR count). The second kappa shape index (κ2) is 10.6. The number of carbonyl (C=O) groups is 1. The zero-order chi connectivity index (χ0) is 23.3. The average Bonchev–Trinajstić information content (AvgIpc) is 2.79. The van der Waals surface area contributed by atoms with Crippen LogP contribution in [0.1, 0.15) is 20.3 Å². The zero-order valence-electron chi connectivity index (χ0n) is 18.5. The Labute approximate surface area is 188 Å². The van der Waals surface area contributed by atoms with Gasteiger partial charge >= 0.3 is 0 Å². The van der Waals surface area contributed by atoms with Gasteiger partial charge in [0.25, 0.3) is 5.69 Å². The van der Waals surface area contributed by atoms with E-state index < -0.39 is 14.9 Å². The Morgan fingerprint density at radius 1 is 1.19 bits per heavy atom. The van der Waals surface area contributed by atoms with Crippen molar-refractivity contribution in [2.45, 2.75) is 31.2 Å². The maximum atomic E-state index is 12.9. The van der Waals surface area contributed by atoms with Crippen LogP contribution in [0.25, 0.3) is 0 Å². The smallest absolute Gasteiger partial charge is 0.293 e. The van der Waals surface area contributed by atoms with Gasteiger partial charge in [-0.2, -0.15) is 4.31 Å². The molecule has 2 saturated heterocycles. The van der Waals surface area contributed by atoms with Crippen LogP contribution in [0.2, 0.25) is 0 Å². The summed E-state index contributed by atoms with van der Waals surface area (Å²) >= 11 is 0. The number of sulfonamides is 1. The van der Waals surface area contributed by atoms with Gasteiger partial charge < -0.3 is 15.0 Å². The van der Waals surface area contributed by atoms with Crippen LogP contribution in [0.4, 0.5) is 11.4 Å². The largest absolute Gasteiger partial charge is 0.379 e. The first kappa shape index (κ1) is 24.4. The third-order valence-corrected chi connectivity index (χ3v) is 7.75. The van der Waals surface area contributed by atoms with Gasteiger partial charge in [0.1, 0.15) is 5.69 Å². The molecule has 178 valence electrons. The topological polar surface area (TPSA) is 125 Å². The monoisotopic (exact) mass is 469 g/mol. The number of ether oxygens (including phenoxy) is 1. The molecule has 0 bridgehead atoms. The van der Waals surface area contributed by atoms with E-state index in [0.29, 0.717) is 45.1 Å². The van der Waals surface area contributed by atoms with Gasteiger partial charge in [0, 0.05) is 51.4 Å². The van der Waals surface area contributed by atoms with Crippen LogP contribution < -0.4 is 10.2 Å². The first-order valence-electron chi connectivity index (χ1n) is 10.9. The average molecular weight is 470 g/mol. The van der Waals surface area contributed by atoms with Gasteiger partial charge in [-0.05, 0) is 25.5 Å². The van der Waals surface area contributed by atoms with Crippen molar-refractivity contribution >= 4 is 27.3 Å². The van der Waals surface area contributed by atoms with Gasteiger partial charge in [-0.1, -0.05) is 6.92 Å². The van der Waals surface area contributed by atoms with E-state index in [2.05, 4.69) is 5.32 Å². The summed E-state index contributed by atoms with van der Waals surface area (Å²) in [6.45, 7) is 7.49. The van der Waals surface area contributed by atoms with Crippen LogP contribution in [0.15, 0.2) is 23.1 Å². The van der Waals surface area contributed by atoms with Crippen LogP contribution in [0.5, 0.6) is 0 Å². The second-order valence-corrected chi connectivity index (χ2v) is 10.0. The summed E-state index contributed by atoms with van der Waals surface area (Å²) < 4.78 is 32.3. The predicted octanol–water partition coefficient (Wildman–Crippen LogP) is 0.652. The van der Waals surface area contributed by atoms with E-state index in [4.69, 9.17) is 4.74 Å². The number of hydrogen-bond donors (Lipinski definition) is 1. The first-order valence-corrected chi connectivity index (χ1v) is 12.3. The number of nitrogens with one attached hydrogen (secondary N) is 1. The number of piperazine rings is 1. The number of nitro groups is 1. The molecule has 1 unspecified atom stereocenters. The lowest BCUT2D eigenvalue weighted by atomic mass is 10.2. The van der Waals surface area contributed by atoms with Crippen molar-refractivity contribution < 1.29 is 22.9 Å². The molecular weight excluding hydrogens is 438 g/mol. The molecule has 0 aromatic heterocycles. The van der Waals surface area contributed by atoms with Crippen molar-refractivity contribution in [2.24, 2.45) is 0 Å². The second-order valence-electron chi connectivity index (χ2n) is 8.06. The summed E-state index contributed by atoms with van der Waals surface area (Å²) in [5.41, 5.74) is 0.155. The minimum Gasteiger partial charge on any atom is -0.379 e. The number of anilines is 1. The molecule has 0 radical (unpaired) electrons. The summed E-state index contributed by atoms with van der Waals surface area (Å²) in [5.74, 6) is -0.0311. The summed E-state index contributed by atoms with van der Waals surface area (Å²) in [6.07, 6.45) is 0.862. The van der Waals surface area contributed by atoms with Gasteiger partial charge in [-0.3, -0.25) is 19.8 Å². The summed E-state index contributed by atoms with van der Waals surface area (Å²) in [7, 11) is -3.82. The zero-order valence-corrected chi connectivity index (χ0v) is 19.3. The highest BCUT2D eigenvalue weighted by atomic mass is 32.2. The van der Waals surface area contributed by atoms with Crippen molar-refractivity contribution in [3.05, 3.63) is 28.3 Å². The molecule has 1 atom stereocenters. The molecule has 2 aliphatic rings. The molecule has 11 nitrogen and oxygen atoms in total. The quantitative estimate of drug-likeness (QED) is 0.435. The Hall–Kier alpha value is -2.28. The van der Waals surface area contributed by atoms with Crippen molar-refractivity contribution in [2.75, 3.05) is 63.9 Å².